The number of amides is 1. The molecule has 1 aromatic heterocycles. The van der Waals surface area contributed by atoms with E-state index in [4.69, 9.17) is 0 Å². The maximum absolute atomic E-state index is 11.8. The van der Waals surface area contributed by atoms with Crippen LogP contribution in [0.15, 0.2) is 0 Å². The van der Waals surface area contributed by atoms with Crippen molar-refractivity contribution in [2.45, 2.75) is 60.2 Å². The van der Waals surface area contributed by atoms with Gasteiger partial charge in [0, 0.05) is 23.8 Å². The van der Waals surface area contributed by atoms with E-state index in [0.29, 0.717) is 6.54 Å². The number of carbonyl (C=O) groups excluding carboxylic acids is 1. The summed E-state index contributed by atoms with van der Waals surface area (Å²) in [5, 5.41) is 10.7. The van der Waals surface area contributed by atoms with Crippen molar-refractivity contribution in [3.8, 4) is 0 Å². The smallest absolute Gasteiger partial charge is 0.241 e. The molecule has 0 fully saturated rings. The topological polar surface area (TPSA) is 59.0 Å². The van der Waals surface area contributed by atoms with Gasteiger partial charge in [-0.05, 0) is 40.7 Å². The van der Waals surface area contributed by atoms with Crippen molar-refractivity contribution in [2.75, 3.05) is 6.54 Å². The maximum Gasteiger partial charge on any atom is 0.241 e. The zero-order valence-corrected chi connectivity index (χ0v) is 12.7. The van der Waals surface area contributed by atoms with E-state index in [1.165, 1.54) is 5.56 Å². The third kappa shape index (κ3) is 4.67. The number of rotatable bonds is 7. The van der Waals surface area contributed by atoms with Crippen molar-refractivity contribution in [3.63, 3.8) is 0 Å². The van der Waals surface area contributed by atoms with E-state index in [-0.39, 0.29) is 11.9 Å². The van der Waals surface area contributed by atoms with Crippen LogP contribution in [0.4, 0.5) is 0 Å². The van der Waals surface area contributed by atoms with Crippen molar-refractivity contribution in [1.29, 1.82) is 0 Å². The van der Waals surface area contributed by atoms with Crippen LogP contribution in [0, 0.1) is 13.8 Å². The van der Waals surface area contributed by atoms with E-state index in [1.807, 2.05) is 27.7 Å². The van der Waals surface area contributed by atoms with Gasteiger partial charge >= 0.3 is 0 Å². The molecule has 5 heteroatoms. The molecule has 0 aliphatic rings. The molecular weight excluding hydrogens is 240 g/mol. The Kier molecular flexibility index (Phi) is 6.02. The van der Waals surface area contributed by atoms with Crippen molar-refractivity contribution in [3.05, 3.63) is 17.0 Å². The van der Waals surface area contributed by atoms with Gasteiger partial charge in [0.25, 0.3) is 0 Å². The lowest BCUT2D eigenvalue weighted by Gasteiger charge is -2.09. The Bertz CT molecular complexity index is 423. The van der Waals surface area contributed by atoms with Crippen molar-refractivity contribution >= 4 is 5.91 Å². The Morgan fingerprint density at radius 3 is 2.63 bits per heavy atom. The van der Waals surface area contributed by atoms with Gasteiger partial charge in [-0.3, -0.25) is 9.48 Å². The Balaban J connectivity index is 2.70. The van der Waals surface area contributed by atoms with Gasteiger partial charge in [0.2, 0.25) is 5.91 Å². The molecule has 0 bridgehead atoms. The number of aryl methyl sites for hydroxylation is 1. The van der Waals surface area contributed by atoms with Crippen molar-refractivity contribution < 1.29 is 4.79 Å². The fraction of sp³-hybridized carbons (Fsp3) is 0.714. The molecule has 0 aliphatic carbocycles. The summed E-state index contributed by atoms with van der Waals surface area (Å²) in [6, 6.07) is 0.162. The molecule has 0 aromatic carbocycles. The zero-order chi connectivity index (χ0) is 14.4. The number of hydrogen-bond acceptors (Lipinski definition) is 3. The van der Waals surface area contributed by atoms with E-state index in [2.05, 4.69) is 22.7 Å². The van der Waals surface area contributed by atoms with Gasteiger partial charge in [0.05, 0.1) is 5.69 Å². The average Bonchev–Trinajstić information content (AvgIpc) is 2.55. The van der Waals surface area contributed by atoms with Gasteiger partial charge in [-0.15, -0.1) is 0 Å². The predicted octanol–water partition coefficient (Wildman–Crippen LogP) is 1.52. The molecule has 1 aromatic rings. The Labute approximate surface area is 115 Å². The third-order valence-electron chi connectivity index (χ3n) is 3.00. The van der Waals surface area contributed by atoms with Crippen LogP contribution in [0.5, 0.6) is 0 Å². The van der Waals surface area contributed by atoms with Crippen LogP contribution in [0.2, 0.25) is 0 Å². The van der Waals surface area contributed by atoms with Gasteiger partial charge in [-0.2, -0.15) is 5.10 Å². The van der Waals surface area contributed by atoms with Crippen LogP contribution in [0.25, 0.3) is 0 Å². The molecule has 0 atom stereocenters. The van der Waals surface area contributed by atoms with Crippen LogP contribution in [0.1, 0.15) is 44.1 Å². The van der Waals surface area contributed by atoms with E-state index in [0.717, 1.165) is 30.9 Å². The summed E-state index contributed by atoms with van der Waals surface area (Å²) in [6.45, 7) is 12.2. The predicted molar refractivity (Wildman–Crippen MR) is 77.0 cm³/mol. The molecule has 1 heterocycles. The second-order valence-electron chi connectivity index (χ2n) is 5.21. The number of aromatic nitrogens is 2. The van der Waals surface area contributed by atoms with Gasteiger partial charge in [0.15, 0.2) is 0 Å². The average molecular weight is 266 g/mol. The quantitative estimate of drug-likeness (QED) is 0.736. The molecule has 19 heavy (non-hydrogen) atoms. The monoisotopic (exact) mass is 266 g/mol. The van der Waals surface area contributed by atoms with E-state index in [1.54, 1.807) is 4.68 Å². The molecule has 0 saturated heterocycles. The molecular formula is C14H26N4O. The van der Waals surface area contributed by atoms with Gasteiger partial charge < -0.3 is 10.6 Å². The first kappa shape index (κ1) is 15.7. The minimum absolute atomic E-state index is 0.00803. The van der Waals surface area contributed by atoms with Crippen LogP contribution in [-0.4, -0.2) is 28.3 Å². The molecule has 2 N–H and O–H groups in total. The first-order valence-electron chi connectivity index (χ1n) is 6.98. The number of carbonyl (C=O) groups is 1. The normalized spacial score (nSPS) is 11.1. The Morgan fingerprint density at radius 1 is 1.37 bits per heavy atom. The summed E-state index contributed by atoms with van der Waals surface area (Å²) in [5.41, 5.74) is 3.27. The van der Waals surface area contributed by atoms with Gasteiger partial charge in [-0.25, -0.2) is 0 Å². The highest BCUT2D eigenvalue weighted by molar-refractivity contribution is 5.76. The molecule has 0 saturated carbocycles. The summed E-state index contributed by atoms with van der Waals surface area (Å²) in [7, 11) is 0. The zero-order valence-electron chi connectivity index (χ0n) is 12.7. The van der Waals surface area contributed by atoms with Gasteiger partial charge in [-0.1, -0.05) is 6.92 Å². The molecule has 1 rings (SSSR count). The maximum atomic E-state index is 11.8. The highest BCUT2D eigenvalue weighted by Crippen LogP contribution is 2.12. The third-order valence-corrected chi connectivity index (χ3v) is 3.00. The summed E-state index contributed by atoms with van der Waals surface area (Å²) in [6.07, 6.45) is 1.11. The fourth-order valence-corrected chi connectivity index (χ4v) is 2.04. The number of nitrogens with zero attached hydrogens (tertiary/aromatic N) is 2. The molecule has 0 spiro atoms. The van der Waals surface area contributed by atoms with Crippen molar-refractivity contribution in [2.24, 2.45) is 0 Å². The first-order valence-corrected chi connectivity index (χ1v) is 6.98. The lowest BCUT2D eigenvalue weighted by molar-refractivity contribution is -0.122. The molecule has 5 nitrogen and oxygen atoms in total. The second kappa shape index (κ2) is 7.28. The molecule has 1 amide bonds. The number of hydrogen-bond donors (Lipinski definition) is 2. The minimum atomic E-state index is 0.00803. The van der Waals surface area contributed by atoms with E-state index >= 15 is 0 Å². The van der Waals surface area contributed by atoms with Gasteiger partial charge in [0.1, 0.15) is 6.54 Å². The Hall–Kier alpha value is -1.36. The second-order valence-corrected chi connectivity index (χ2v) is 5.21. The van der Waals surface area contributed by atoms with Crippen molar-refractivity contribution in [1.82, 2.24) is 20.4 Å². The summed E-state index contributed by atoms with van der Waals surface area (Å²) >= 11 is 0. The summed E-state index contributed by atoms with van der Waals surface area (Å²) in [5.74, 6) is 0.00803. The summed E-state index contributed by atoms with van der Waals surface area (Å²) < 4.78 is 1.79. The van der Waals surface area contributed by atoms with E-state index < -0.39 is 0 Å². The molecule has 0 unspecified atom stereocenters. The number of nitrogens with one attached hydrogen (secondary N) is 2. The fourth-order valence-electron chi connectivity index (χ4n) is 2.04. The lowest BCUT2D eigenvalue weighted by atomic mass is 10.2. The molecule has 0 aliphatic heterocycles. The van der Waals surface area contributed by atoms with Crippen LogP contribution in [-0.2, 0) is 17.9 Å². The first-order chi connectivity index (χ1) is 8.95. The lowest BCUT2D eigenvalue weighted by Crippen LogP contribution is -2.33. The largest absolute Gasteiger partial charge is 0.352 e. The SMILES string of the molecule is CCCNCc1c(C)nn(CC(=O)NC(C)C)c1C. The minimum Gasteiger partial charge on any atom is -0.352 e. The standard InChI is InChI=1S/C14H26N4O/c1-6-7-15-8-13-11(4)17-18(12(13)5)9-14(19)16-10(2)3/h10,15H,6-9H2,1-5H3,(H,16,19). The highest BCUT2D eigenvalue weighted by atomic mass is 16.2. The van der Waals surface area contributed by atoms with Crippen LogP contribution in [0.3, 0.4) is 0 Å². The van der Waals surface area contributed by atoms with Crippen LogP contribution >= 0.6 is 0 Å². The van der Waals surface area contributed by atoms with Crippen LogP contribution < -0.4 is 10.6 Å². The molecule has 108 valence electrons. The summed E-state index contributed by atoms with van der Waals surface area (Å²) in [4.78, 5) is 11.8. The highest BCUT2D eigenvalue weighted by Gasteiger charge is 2.13. The molecule has 0 radical (unpaired) electrons. The van der Waals surface area contributed by atoms with E-state index in [9.17, 15) is 4.79 Å². The Morgan fingerprint density at radius 2 is 2.05 bits per heavy atom.